The summed E-state index contributed by atoms with van der Waals surface area (Å²) in [5.74, 6) is -0.601. The molecule has 138 valence electrons. The summed E-state index contributed by atoms with van der Waals surface area (Å²) in [6, 6.07) is 8.95. The van der Waals surface area contributed by atoms with Crippen LogP contribution >= 0.6 is 11.3 Å². The van der Waals surface area contributed by atoms with E-state index >= 15 is 0 Å². The molecular weight excluding hydrogens is 354 g/mol. The number of anilines is 1. The van der Waals surface area contributed by atoms with Gasteiger partial charge in [0.05, 0.1) is 17.0 Å². The van der Waals surface area contributed by atoms with Crippen LogP contribution in [0.1, 0.15) is 46.4 Å². The number of esters is 1. The molecule has 26 heavy (non-hydrogen) atoms. The van der Waals surface area contributed by atoms with E-state index in [0.717, 1.165) is 11.3 Å². The van der Waals surface area contributed by atoms with Crippen LogP contribution in [0.2, 0.25) is 0 Å². The van der Waals surface area contributed by atoms with Crippen molar-refractivity contribution in [3.63, 3.8) is 0 Å². The second-order valence-corrected chi connectivity index (χ2v) is 6.62. The van der Waals surface area contributed by atoms with Crippen LogP contribution < -0.4 is 10.1 Å². The second kappa shape index (κ2) is 8.62. The zero-order valence-corrected chi connectivity index (χ0v) is 15.9. The van der Waals surface area contributed by atoms with E-state index < -0.39 is 18.0 Å². The number of amides is 1. The van der Waals surface area contributed by atoms with Crippen molar-refractivity contribution in [2.24, 2.45) is 0 Å². The molecule has 1 aromatic heterocycles. The van der Waals surface area contributed by atoms with Crippen molar-refractivity contribution >= 4 is 34.0 Å². The van der Waals surface area contributed by atoms with Crippen molar-refractivity contribution in [3.8, 4) is 5.75 Å². The van der Waals surface area contributed by atoms with Crippen molar-refractivity contribution in [3.05, 3.63) is 46.3 Å². The molecule has 2 rings (SSSR count). The van der Waals surface area contributed by atoms with Crippen LogP contribution in [0.3, 0.4) is 0 Å². The fraction of sp³-hybridized carbons (Fsp3) is 0.316. The van der Waals surface area contributed by atoms with Gasteiger partial charge in [0.2, 0.25) is 0 Å². The molecule has 1 heterocycles. The number of carbonyl (C=O) groups excluding carboxylic acids is 3. The first-order valence-corrected chi connectivity index (χ1v) is 9.00. The van der Waals surface area contributed by atoms with Gasteiger partial charge in [-0.15, -0.1) is 11.3 Å². The number of ether oxygens (including phenoxy) is 2. The van der Waals surface area contributed by atoms with Gasteiger partial charge in [0, 0.05) is 0 Å². The Bertz CT molecular complexity index is 813. The lowest BCUT2D eigenvalue weighted by Crippen LogP contribution is -2.30. The zero-order valence-electron chi connectivity index (χ0n) is 15.1. The van der Waals surface area contributed by atoms with Crippen LogP contribution in [0, 0.1) is 6.92 Å². The average molecular weight is 375 g/mol. The molecule has 0 aliphatic rings. The Labute approximate surface area is 156 Å². The Morgan fingerprint density at radius 2 is 1.85 bits per heavy atom. The van der Waals surface area contributed by atoms with Gasteiger partial charge in [-0.25, -0.2) is 4.79 Å². The molecule has 1 aromatic carbocycles. The number of benzene rings is 1. The normalized spacial score (nSPS) is 11.5. The number of thiophene rings is 1. The molecule has 1 N–H and O–H groups in total. The molecule has 7 heteroatoms. The minimum Gasteiger partial charge on any atom is -0.481 e. The number of nitrogens with one attached hydrogen (secondary N) is 1. The van der Waals surface area contributed by atoms with Crippen molar-refractivity contribution < 1.29 is 23.9 Å². The summed E-state index contributed by atoms with van der Waals surface area (Å²) >= 11 is 1.06. The van der Waals surface area contributed by atoms with Crippen molar-refractivity contribution in [1.82, 2.24) is 0 Å². The molecule has 0 spiro atoms. The first-order valence-electron chi connectivity index (χ1n) is 8.19. The summed E-state index contributed by atoms with van der Waals surface area (Å²) in [6.45, 7) is 6.59. The summed E-state index contributed by atoms with van der Waals surface area (Å²) in [7, 11) is 0. The number of para-hydroxylation sites is 1. The van der Waals surface area contributed by atoms with E-state index in [1.807, 2.05) is 6.07 Å². The third-order valence-corrected chi connectivity index (χ3v) is 4.92. The molecule has 0 radical (unpaired) electrons. The van der Waals surface area contributed by atoms with Crippen LogP contribution in [0.25, 0.3) is 0 Å². The molecule has 2 aromatic rings. The largest absolute Gasteiger partial charge is 0.481 e. The summed E-state index contributed by atoms with van der Waals surface area (Å²) in [5, 5.41) is 2.98. The predicted molar refractivity (Wildman–Crippen MR) is 100 cm³/mol. The van der Waals surface area contributed by atoms with Crippen molar-refractivity contribution in [2.45, 2.75) is 33.8 Å². The smallest absolute Gasteiger partial charge is 0.341 e. The lowest BCUT2D eigenvalue weighted by Gasteiger charge is -2.14. The molecule has 1 unspecified atom stereocenters. The van der Waals surface area contributed by atoms with Crippen LogP contribution in [0.4, 0.5) is 5.00 Å². The third kappa shape index (κ3) is 4.49. The molecular formula is C19H21NO5S. The van der Waals surface area contributed by atoms with Gasteiger partial charge in [-0.05, 0) is 45.4 Å². The Kier molecular flexibility index (Phi) is 6.52. The lowest BCUT2D eigenvalue weighted by atomic mass is 10.1. The highest BCUT2D eigenvalue weighted by molar-refractivity contribution is 7.18. The maximum absolute atomic E-state index is 12.5. The van der Waals surface area contributed by atoms with E-state index in [4.69, 9.17) is 9.47 Å². The minimum atomic E-state index is -0.782. The lowest BCUT2D eigenvalue weighted by molar-refractivity contribution is -0.122. The SMILES string of the molecule is CCOC(=O)c1c(NC(=O)C(C)Oc2ccccc2)sc(C(C)=O)c1C. The van der Waals surface area contributed by atoms with Gasteiger partial charge in [-0.2, -0.15) is 0 Å². The summed E-state index contributed by atoms with van der Waals surface area (Å²) in [5.41, 5.74) is 0.718. The first-order chi connectivity index (χ1) is 12.3. The second-order valence-electron chi connectivity index (χ2n) is 5.60. The van der Waals surface area contributed by atoms with Gasteiger partial charge in [0.1, 0.15) is 10.8 Å². The Hall–Kier alpha value is -2.67. The fourth-order valence-electron chi connectivity index (χ4n) is 2.36. The highest BCUT2D eigenvalue weighted by Gasteiger charge is 2.26. The van der Waals surface area contributed by atoms with E-state index in [0.29, 0.717) is 21.2 Å². The van der Waals surface area contributed by atoms with Crippen LogP contribution in [0.5, 0.6) is 5.75 Å². The summed E-state index contributed by atoms with van der Waals surface area (Å²) in [6.07, 6.45) is -0.782. The Balaban J connectivity index is 2.24. The summed E-state index contributed by atoms with van der Waals surface area (Å²) in [4.78, 5) is 36.9. The average Bonchev–Trinajstić information content (AvgIpc) is 2.92. The third-order valence-electron chi connectivity index (χ3n) is 3.61. The van der Waals surface area contributed by atoms with Crippen LogP contribution in [-0.2, 0) is 9.53 Å². The van der Waals surface area contributed by atoms with Gasteiger partial charge in [-0.1, -0.05) is 18.2 Å². The number of rotatable bonds is 7. The highest BCUT2D eigenvalue weighted by Crippen LogP contribution is 2.34. The predicted octanol–water partition coefficient (Wildman–Crippen LogP) is 3.84. The first kappa shape index (κ1) is 19.7. The van der Waals surface area contributed by atoms with Crippen LogP contribution in [-0.4, -0.2) is 30.4 Å². The number of carbonyl (C=O) groups is 3. The molecule has 0 aliphatic carbocycles. The molecule has 0 aliphatic heterocycles. The maximum atomic E-state index is 12.5. The van der Waals surface area contributed by atoms with E-state index in [1.54, 1.807) is 45.0 Å². The zero-order chi connectivity index (χ0) is 19.3. The number of hydrogen-bond donors (Lipinski definition) is 1. The van der Waals surface area contributed by atoms with E-state index in [1.165, 1.54) is 6.92 Å². The van der Waals surface area contributed by atoms with Crippen LogP contribution in [0.15, 0.2) is 30.3 Å². The van der Waals surface area contributed by atoms with E-state index in [-0.39, 0.29) is 18.0 Å². The number of hydrogen-bond acceptors (Lipinski definition) is 6. The standard InChI is InChI=1S/C19H21NO5S/c1-5-24-19(23)15-11(2)16(12(3)21)26-18(15)20-17(22)13(4)25-14-9-7-6-8-10-14/h6-10,13H,5H2,1-4H3,(H,20,22). The van der Waals surface area contributed by atoms with Gasteiger partial charge in [0.15, 0.2) is 11.9 Å². The molecule has 0 saturated carbocycles. The van der Waals surface area contributed by atoms with Gasteiger partial charge < -0.3 is 14.8 Å². The number of Topliss-reactive ketones (excluding diaryl/α,β-unsaturated/α-hetero) is 1. The molecule has 6 nitrogen and oxygen atoms in total. The van der Waals surface area contributed by atoms with Gasteiger partial charge in [-0.3, -0.25) is 9.59 Å². The Morgan fingerprint density at radius 3 is 2.42 bits per heavy atom. The van der Waals surface area contributed by atoms with Crippen molar-refractivity contribution in [1.29, 1.82) is 0 Å². The highest BCUT2D eigenvalue weighted by atomic mass is 32.1. The quantitative estimate of drug-likeness (QED) is 0.587. The van der Waals surface area contributed by atoms with E-state index in [2.05, 4.69) is 5.32 Å². The van der Waals surface area contributed by atoms with Gasteiger partial charge in [0.25, 0.3) is 5.91 Å². The molecule has 0 saturated heterocycles. The number of ketones is 1. The summed E-state index contributed by atoms with van der Waals surface area (Å²) < 4.78 is 10.6. The molecule has 0 fully saturated rings. The topological polar surface area (TPSA) is 81.7 Å². The Morgan fingerprint density at radius 1 is 1.19 bits per heavy atom. The minimum absolute atomic E-state index is 0.174. The monoisotopic (exact) mass is 375 g/mol. The van der Waals surface area contributed by atoms with Gasteiger partial charge >= 0.3 is 5.97 Å². The maximum Gasteiger partial charge on any atom is 0.341 e. The fourth-order valence-corrected chi connectivity index (χ4v) is 3.45. The molecule has 1 atom stereocenters. The molecule has 0 bridgehead atoms. The van der Waals surface area contributed by atoms with E-state index in [9.17, 15) is 14.4 Å². The van der Waals surface area contributed by atoms with Crippen molar-refractivity contribution in [2.75, 3.05) is 11.9 Å². The molecule has 1 amide bonds.